The van der Waals surface area contributed by atoms with Crippen molar-refractivity contribution in [1.29, 1.82) is 0 Å². The minimum absolute atomic E-state index is 0.158. The van der Waals surface area contributed by atoms with Crippen molar-refractivity contribution in [2.75, 3.05) is 31.9 Å². The Morgan fingerprint density at radius 1 is 0.282 bits per heavy atom. The third kappa shape index (κ3) is 36.3. The van der Waals surface area contributed by atoms with Gasteiger partial charge >= 0.3 is 0 Å². The van der Waals surface area contributed by atoms with Crippen LogP contribution in [-0.2, 0) is 39.6 Å². The Balaban J connectivity index is 0.000000215. The number of hydrogen-bond acceptors (Lipinski definition) is 12. The van der Waals surface area contributed by atoms with Crippen LogP contribution in [0.3, 0.4) is 0 Å². The normalized spacial score (nSPS) is 10.3. The lowest BCUT2D eigenvalue weighted by molar-refractivity contribution is 0.298. The molecule has 0 aliphatic rings. The molecule has 6 N–H and O–H groups in total. The third-order valence-electron chi connectivity index (χ3n) is 20.7. The van der Waals surface area contributed by atoms with Crippen molar-refractivity contribution in [1.82, 2.24) is 0 Å². The highest BCUT2D eigenvalue weighted by atomic mass is 127. The van der Waals surface area contributed by atoms with E-state index in [-0.39, 0.29) is 12.4 Å². The van der Waals surface area contributed by atoms with Gasteiger partial charge in [0.25, 0.3) is 0 Å². The summed E-state index contributed by atoms with van der Waals surface area (Å²) in [7, 11) is 0. The van der Waals surface area contributed by atoms with Crippen molar-refractivity contribution >= 4 is 187 Å². The van der Waals surface area contributed by atoms with E-state index in [1.807, 2.05) is 182 Å². The van der Waals surface area contributed by atoms with E-state index in [4.69, 9.17) is 113 Å². The molecule has 0 spiro atoms. The zero-order valence-electron chi connectivity index (χ0n) is 78.8. The molecule has 22 heteroatoms. The monoisotopic (exact) mass is 2060 g/mol. The van der Waals surface area contributed by atoms with E-state index in [2.05, 4.69) is 232 Å². The molecule has 0 saturated carbocycles. The van der Waals surface area contributed by atoms with Crippen LogP contribution in [0.2, 0.25) is 5.02 Å². The van der Waals surface area contributed by atoms with E-state index >= 15 is 0 Å². The molecule has 131 heavy (non-hydrogen) atoms. The van der Waals surface area contributed by atoms with E-state index < -0.39 is 0 Å². The average Bonchev–Trinajstić information content (AvgIpc) is 0.849. The van der Waals surface area contributed by atoms with Gasteiger partial charge in [-0.15, -0.1) is 0 Å². The Morgan fingerprint density at radius 3 is 0.908 bits per heavy atom. The number of nitrogens with one attached hydrogen (secondary N) is 6. The third-order valence-corrected chi connectivity index (χ3v) is 25.2. The molecule has 0 aliphatic carbocycles. The van der Waals surface area contributed by atoms with Gasteiger partial charge < -0.3 is 60.3 Å². The molecule has 0 heterocycles. The first-order valence-corrected chi connectivity index (χ1v) is 48.6. The van der Waals surface area contributed by atoms with Crippen LogP contribution in [0, 0.1) is 99.4 Å². The maximum absolute atomic E-state index is 14.1. The van der Waals surface area contributed by atoms with Crippen LogP contribution in [-0.4, -0.2) is 29.9 Å². The smallest absolute Gasteiger partial charge is 0.131 e. The van der Waals surface area contributed by atoms with Crippen LogP contribution in [0.4, 0.5) is 38.5 Å². The van der Waals surface area contributed by atoms with Crippen molar-refractivity contribution in [3.05, 3.63) is 349 Å². The summed E-state index contributed by atoms with van der Waals surface area (Å²) in [5.74, 6) is 5.02. The summed E-state index contributed by atoms with van der Waals surface area (Å²) in [4.78, 5) is 4.82. The van der Waals surface area contributed by atoms with Crippen molar-refractivity contribution in [2.24, 2.45) is 0 Å². The molecule has 0 bridgehead atoms. The fourth-order valence-corrected chi connectivity index (χ4v) is 15.2. The Morgan fingerprint density at radius 2 is 0.542 bits per heavy atom. The molecule has 0 radical (unpaired) electrons. The van der Waals surface area contributed by atoms with E-state index in [1.54, 1.807) is 6.07 Å². The van der Waals surface area contributed by atoms with Gasteiger partial charge in [0.1, 0.15) is 80.0 Å². The summed E-state index contributed by atoms with van der Waals surface area (Å²) in [6.07, 6.45) is 4.82. The van der Waals surface area contributed by atoms with Gasteiger partial charge in [-0.3, -0.25) is 0 Å². The lowest BCUT2D eigenvalue weighted by atomic mass is 10.1. The number of hydrogen-bond donors (Lipinski definition) is 6. The Labute approximate surface area is 837 Å². The lowest BCUT2D eigenvalue weighted by Gasteiger charge is -2.16. The van der Waals surface area contributed by atoms with Gasteiger partial charge in [-0.05, 0) is 287 Å². The molecular formula is C109H124BrClFIN6O6S6. The first kappa shape index (κ1) is 108. The highest BCUT2D eigenvalue weighted by Crippen LogP contribution is 2.34. The lowest BCUT2D eigenvalue weighted by Crippen LogP contribution is -2.11. The largest absolute Gasteiger partial charge is 0.489 e. The molecule has 12 rings (SSSR count). The number of thiocarbonyl (C=S) groups is 6. The van der Waals surface area contributed by atoms with Crippen LogP contribution >= 0.6 is 123 Å². The molecule has 0 aromatic heterocycles. The molecule has 0 amide bonds. The molecule has 0 saturated heterocycles. The van der Waals surface area contributed by atoms with Crippen LogP contribution in [0.5, 0.6) is 34.5 Å². The maximum Gasteiger partial charge on any atom is 0.131 e. The van der Waals surface area contributed by atoms with Crippen molar-refractivity contribution in [3.63, 3.8) is 0 Å². The van der Waals surface area contributed by atoms with E-state index in [9.17, 15) is 4.39 Å². The van der Waals surface area contributed by atoms with Crippen LogP contribution in [0.1, 0.15) is 186 Å². The Kier molecular flexibility index (Phi) is 46.5. The fourth-order valence-electron chi connectivity index (χ4n) is 13.2. The van der Waals surface area contributed by atoms with Gasteiger partial charge in [0.05, 0.1) is 29.9 Å². The average molecular weight is 2070 g/mol. The zero-order chi connectivity index (χ0) is 95.8. The first-order valence-electron chi connectivity index (χ1n) is 43.9. The molecule has 12 nitrogen and oxygen atoms in total. The number of benzene rings is 12. The molecule has 12 aromatic carbocycles. The molecule has 0 fully saturated rings. The van der Waals surface area contributed by atoms with Gasteiger partial charge in [0.2, 0.25) is 0 Å². The van der Waals surface area contributed by atoms with Gasteiger partial charge in [0, 0.05) is 80.6 Å². The van der Waals surface area contributed by atoms with Crippen molar-refractivity contribution < 1.29 is 32.8 Å². The topological polar surface area (TPSA) is 128 Å². The van der Waals surface area contributed by atoms with E-state index in [0.717, 1.165) is 186 Å². The summed E-state index contributed by atoms with van der Waals surface area (Å²) < 4.78 is 52.0. The molecule has 0 aliphatic heterocycles. The Hall–Kier alpha value is -9.79. The fraction of sp³-hybridized carbons (Fsp3) is 0.284. The van der Waals surface area contributed by atoms with Crippen LogP contribution in [0.25, 0.3) is 0 Å². The highest BCUT2D eigenvalue weighted by molar-refractivity contribution is 14.1. The number of rotatable bonds is 30. The maximum atomic E-state index is 14.1. The van der Waals surface area contributed by atoms with E-state index in [0.29, 0.717) is 60.7 Å². The number of halogens is 4. The SMILES string of the molecule is CCC(=S)Nc1cccc(Br)c1COc1ccc(C)cc1C.CCC(=S)Nc1cccc(C)c1COc1ccc(C)cc1C.CCC(=S)Nc1cccc(Cl)c1COc1ccc(C)cc1C.CCC(=S)Nc1cccc(F)c1COc1ccc(C)cc1C.CCC(=S)Nc1cccc(I)c1COc1ccc(C)cc1C.CCC(=S)Nc1ccccc1COc1ccc(C)cc1C. The minimum Gasteiger partial charge on any atom is -0.489 e. The van der Waals surface area contributed by atoms with Crippen LogP contribution in [0.15, 0.2) is 229 Å². The van der Waals surface area contributed by atoms with E-state index in [1.165, 1.54) is 48.6 Å². The predicted octanol–water partition coefficient (Wildman–Crippen LogP) is 32.7. The predicted molar refractivity (Wildman–Crippen MR) is 589 cm³/mol. The van der Waals surface area contributed by atoms with Crippen LogP contribution < -0.4 is 60.3 Å². The minimum atomic E-state index is -0.298. The highest BCUT2D eigenvalue weighted by Gasteiger charge is 2.18. The summed E-state index contributed by atoms with van der Waals surface area (Å²) in [6.45, 7) is 41.6. The van der Waals surface area contributed by atoms with Crippen molar-refractivity contribution in [3.8, 4) is 34.5 Å². The van der Waals surface area contributed by atoms with Gasteiger partial charge in [0.15, 0.2) is 0 Å². The first-order chi connectivity index (χ1) is 62.6. The quantitative estimate of drug-likeness (QED) is 0.0189. The Bertz CT molecular complexity index is 5200. The number of aryl methyl sites for hydroxylation is 13. The summed E-state index contributed by atoms with van der Waals surface area (Å²) in [5.41, 5.74) is 26.9. The van der Waals surface area contributed by atoms with Gasteiger partial charge in [-0.2, -0.15) is 0 Å². The van der Waals surface area contributed by atoms with Gasteiger partial charge in [-0.25, -0.2) is 4.39 Å². The second-order valence-corrected chi connectivity index (χ2v) is 37.0. The number of para-hydroxylation sites is 1. The second-order valence-electron chi connectivity index (χ2n) is 31.6. The molecule has 12 aromatic rings. The standard InChI is InChI=1S/C19H23NOS.C18H20BrNOS.C18H20ClNOS.C18H20FNOS.C18H20INOS.C18H21NOS/c1-5-19(22)20-17-8-6-7-14(3)16(17)12-21-18-10-9-13(2)11-15(18)4;4*1-4-18(22)20-16-7-5-6-15(19)14(16)11-21-17-9-8-12(2)10-13(17)3;1-4-18(21)19-16-8-6-5-7-15(16)12-20-17-10-9-13(2)11-14(17)3/h6-11H,5,12H2,1-4H3,(H,20,22);4*5-10H,4,11H2,1-3H3,(H,20,22);5-11H,4,12H2,1-3H3,(H,19,21). The van der Waals surface area contributed by atoms with Crippen molar-refractivity contribution in [2.45, 2.75) is 210 Å². The number of anilines is 6. The molecule has 0 unspecified atom stereocenters. The summed E-state index contributed by atoms with van der Waals surface area (Å²) in [6, 6.07) is 74.1. The molecular weight excluding hydrogens is 1940 g/mol. The summed E-state index contributed by atoms with van der Waals surface area (Å²) >= 11 is 43.8. The molecule has 0 atom stereocenters. The van der Waals surface area contributed by atoms with Gasteiger partial charge in [-0.1, -0.05) is 303 Å². The number of ether oxygens (including phenoxy) is 6. The summed E-state index contributed by atoms with van der Waals surface area (Å²) in [5, 5.41) is 20.1. The molecule has 690 valence electrons. The second kappa shape index (κ2) is 56.3. The zero-order valence-corrected chi connectivity index (χ0v) is 88.2.